The average molecular weight is 739 g/mol. The third kappa shape index (κ3) is 9.05. The summed E-state index contributed by atoms with van der Waals surface area (Å²) >= 11 is 1.57. The number of thiophene rings is 1. The third-order valence-corrected chi connectivity index (χ3v) is 10.5. The van der Waals surface area contributed by atoms with Crippen LogP contribution in [0.5, 0.6) is 5.75 Å². The summed E-state index contributed by atoms with van der Waals surface area (Å²) in [5.41, 5.74) is 3.85. The van der Waals surface area contributed by atoms with Crippen LogP contribution in [0.3, 0.4) is 0 Å². The topological polar surface area (TPSA) is 145 Å². The number of hydrogen-bond acceptors (Lipinski definition) is 9. The van der Waals surface area contributed by atoms with E-state index in [1.54, 1.807) is 80.6 Å². The summed E-state index contributed by atoms with van der Waals surface area (Å²) in [6.07, 6.45) is 3.93. The van der Waals surface area contributed by atoms with Crippen molar-refractivity contribution in [3.05, 3.63) is 88.1 Å². The Morgan fingerprint density at radius 1 is 0.943 bits per heavy atom. The number of carbonyl (C=O) groups is 4. The summed E-state index contributed by atoms with van der Waals surface area (Å²) in [4.78, 5) is 58.6. The first-order valence-electron chi connectivity index (χ1n) is 17.8. The molecule has 0 radical (unpaired) electrons. The molecule has 0 saturated heterocycles. The number of benzene rings is 2. The van der Waals surface area contributed by atoms with Gasteiger partial charge in [0.2, 0.25) is 0 Å². The van der Waals surface area contributed by atoms with Crippen LogP contribution in [0.25, 0.3) is 21.6 Å². The highest BCUT2D eigenvalue weighted by Gasteiger charge is 2.30. The minimum absolute atomic E-state index is 0.0213. The van der Waals surface area contributed by atoms with E-state index in [1.165, 1.54) is 7.11 Å². The number of ether oxygens (including phenoxy) is 3. The van der Waals surface area contributed by atoms with Gasteiger partial charge in [-0.15, -0.1) is 11.3 Å². The fourth-order valence-corrected chi connectivity index (χ4v) is 7.55. The summed E-state index contributed by atoms with van der Waals surface area (Å²) in [5.74, 6) is -0.975. The monoisotopic (exact) mass is 738 g/mol. The van der Waals surface area contributed by atoms with Gasteiger partial charge in [0.1, 0.15) is 17.0 Å². The maximum atomic E-state index is 14.2. The molecule has 1 aliphatic carbocycles. The van der Waals surface area contributed by atoms with Gasteiger partial charge in [0.25, 0.3) is 11.8 Å². The third-order valence-electron chi connectivity index (χ3n) is 9.50. The van der Waals surface area contributed by atoms with E-state index in [9.17, 15) is 19.2 Å². The number of anilines is 1. The van der Waals surface area contributed by atoms with Gasteiger partial charge in [0.05, 0.1) is 13.7 Å². The van der Waals surface area contributed by atoms with Crippen LogP contribution in [0.15, 0.2) is 60.0 Å². The SMILES string of the molecule is COC(=O)c1nc(C(=O)NC2CCC(C)(C)CC2)ccc1-c1cc2c(cc1C(=O)Nc1ccc(CNC(=O)OC(C)(C)C)cc1)-c1sccc1CCO2. The number of nitrogens with zero attached hydrogens (tertiary/aromatic N) is 1. The van der Waals surface area contributed by atoms with Gasteiger partial charge in [-0.1, -0.05) is 26.0 Å². The van der Waals surface area contributed by atoms with E-state index in [0.29, 0.717) is 35.6 Å². The Balaban J connectivity index is 1.32. The zero-order valence-electron chi connectivity index (χ0n) is 31.0. The molecule has 1 fully saturated rings. The number of amides is 3. The van der Waals surface area contributed by atoms with E-state index < -0.39 is 23.6 Å². The standard InChI is InChI=1S/C41H46N4O7S/c1-40(2,3)52-39(49)42-23-24-7-9-26(10-8-24)43-36(46)30-21-31-33(51-19-15-25-16-20-53-35(25)31)22-29(30)28-11-12-32(45-34(28)38(48)50-6)37(47)44-27-13-17-41(4,5)18-14-27/h7-12,16,20-22,27H,13-15,17-19,23H2,1-6H3,(H,42,49)(H,43,46)(H,44,47). The minimum atomic E-state index is -0.743. The van der Waals surface area contributed by atoms with Gasteiger partial charge < -0.3 is 30.2 Å². The molecule has 6 rings (SSSR count). The molecule has 0 spiro atoms. The second-order valence-corrected chi connectivity index (χ2v) is 16.2. The number of rotatable bonds is 8. The van der Waals surface area contributed by atoms with Crippen LogP contribution in [-0.2, 0) is 22.4 Å². The molecule has 53 heavy (non-hydrogen) atoms. The van der Waals surface area contributed by atoms with Crippen LogP contribution in [-0.4, -0.2) is 54.2 Å². The lowest BCUT2D eigenvalue weighted by Crippen LogP contribution is -2.39. The molecule has 0 bridgehead atoms. The van der Waals surface area contributed by atoms with Crippen LogP contribution in [0.1, 0.15) is 103 Å². The number of pyridine rings is 1. The van der Waals surface area contributed by atoms with Crippen molar-refractivity contribution in [2.75, 3.05) is 19.0 Å². The molecule has 3 amide bonds. The van der Waals surface area contributed by atoms with Gasteiger partial charge in [-0.2, -0.15) is 0 Å². The van der Waals surface area contributed by atoms with Crippen LogP contribution >= 0.6 is 11.3 Å². The van der Waals surface area contributed by atoms with Crippen molar-refractivity contribution in [3.63, 3.8) is 0 Å². The second kappa shape index (κ2) is 15.4. The van der Waals surface area contributed by atoms with Crippen LogP contribution in [0, 0.1) is 5.41 Å². The largest absolute Gasteiger partial charge is 0.493 e. The van der Waals surface area contributed by atoms with E-state index >= 15 is 0 Å². The number of nitrogens with one attached hydrogen (secondary N) is 3. The molecule has 1 aliphatic heterocycles. The molecule has 1 saturated carbocycles. The zero-order chi connectivity index (χ0) is 37.9. The lowest BCUT2D eigenvalue weighted by molar-refractivity contribution is 0.0522. The first-order chi connectivity index (χ1) is 25.2. The number of aromatic nitrogens is 1. The van der Waals surface area contributed by atoms with Gasteiger partial charge >= 0.3 is 12.1 Å². The highest BCUT2D eigenvalue weighted by atomic mass is 32.1. The summed E-state index contributed by atoms with van der Waals surface area (Å²) in [7, 11) is 1.25. The molecule has 4 aromatic rings. The first-order valence-corrected chi connectivity index (χ1v) is 18.7. The molecule has 2 aliphatic rings. The Morgan fingerprint density at radius 2 is 1.68 bits per heavy atom. The van der Waals surface area contributed by atoms with Gasteiger partial charge in [-0.05, 0) is 111 Å². The van der Waals surface area contributed by atoms with Crippen molar-refractivity contribution < 1.29 is 33.4 Å². The highest BCUT2D eigenvalue weighted by Crippen LogP contribution is 2.43. The van der Waals surface area contributed by atoms with Crippen molar-refractivity contribution in [1.29, 1.82) is 0 Å². The van der Waals surface area contributed by atoms with Gasteiger partial charge in [-0.25, -0.2) is 14.6 Å². The van der Waals surface area contributed by atoms with Crippen LogP contribution < -0.4 is 20.7 Å². The Labute approximate surface area is 313 Å². The molecule has 278 valence electrons. The lowest BCUT2D eigenvalue weighted by Gasteiger charge is -2.34. The molecule has 3 N–H and O–H groups in total. The molecular formula is C41H46N4O7S. The predicted molar refractivity (Wildman–Crippen MR) is 204 cm³/mol. The van der Waals surface area contributed by atoms with Crippen molar-refractivity contribution in [2.45, 2.75) is 84.9 Å². The van der Waals surface area contributed by atoms with Gasteiger partial charge in [0.15, 0.2) is 5.69 Å². The van der Waals surface area contributed by atoms with Crippen LogP contribution in [0.4, 0.5) is 10.5 Å². The summed E-state index contributed by atoms with van der Waals surface area (Å²) < 4.78 is 16.7. The molecule has 2 aromatic heterocycles. The fourth-order valence-electron chi connectivity index (χ4n) is 6.58. The van der Waals surface area contributed by atoms with Crippen molar-refractivity contribution in [3.8, 4) is 27.3 Å². The predicted octanol–water partition coefficient (Wildman–Crippen LogP) is 8.17. The minimum Gasteiger partial charge on any atom is -0.493 e. The Bertz CT molecular complexity index is 2020. The maximum absolute atomic E-state index is 14.2. The highest BCUT2D eigenvalue weighted by molar-refractivity contribution is 7.13. The van der Waals surface area contributed by atoms with Crippen molar-refractivity contribution in [2.24, 2.45) is 5.41 Å². The van der Waals surface area contributed by atoms with E-state index in [2.05, 4.69) is 40.8 Å². The Hall–Kier alpha value is -5.23. The van der Waals surface area contributed by atoms with Gasteiger partial charge in [-0.3, -0.25) is 9.59 Å². The van der Waals surface area contributed by atoms with Crippen molar-refractivity contribution in [1.82, 2.24) is 15.6 Å². The number of hydrogen-bond donors (Lipinski definition) is 3. The van der Waals surface area contributed by atoms with E-state index in [1.807, 2.05) is 5.38 Å². The molecule has 0 unspecified atom stereocenters. The number of methoxy groups -OCH3 is 1. The molecule has 0 atom stereocenters. The Kier molecular flexibility index (Phi) is 10.9. The molecule has 2 aromatic carbocycles. The lowest BCUT2D eigenvalue weighted by atomic mass is 9.75. The fraction of sp³-hybridized carbons (Fsp3) is 0.390. The van der Waals surface area contributed by atoms with E-state index in [4.69, 9.17) is 14.2 Å². The number of fused-ring (bicyclic) bond motifs is 3. The molecule has 12 heteroatoms. The second-order valence-electron chi connectivity index (χ2n) is 15.3. The quantitative estimate of drug-likeness (QED) is 0.154. The smallest absolute Gasteiger partial charge is 0.407 e. The zero-order valence-corrected chi connectivity index (χ0v) is 31.8. The number of carbonyl (C=O) groups excluding carboxylic acids is 4. The maximum Gasteiger partial charge on any atom is 0.407 e. The molecule has 3 heterocycles. The van der Waals surface area contributed by atoms with E-state index in [0.717, 1.165) is 47.3 Å². The molecule has 11 nitrogen and oxygen atoms in total. The molecular weight excluding hydrogens is 693 g/mol. The number of alkyl carbamates (subject to hydrolysis) is 1. The summed E-state index contributed by atoms with van der Waals surface area (Å²) in [6.45, 7) is 10.6. The van der Waals surface area contributed by atoms with E-state index in [-0.39, 0.29) is 40.9 Å². The number of esters is 1. The average Bonchev–Trinajstić information content (AvgIpc) is 3.52. The normalized spacial score (nSPS) is 15.1. The summed E-state index contributed by atoms with van der Waals surface area (Å²) in [6, 6.07) is 15.9. The van der Waals surface area contributed by atoms with Gasteiger partial charge in [0, 0.05) is 51.8 Å². The Morgan fingerprint density at radius 3 is 2.38 bits per heavy atom. The van der Waals surface area contributed by atoms with Crippen molar-refractivity contribution >= 4 is 40.9 Å². The summed E-state index contributed by atoms with van der Waals surface area (Å²) in [5, 5.41) is 10.8. The first kappa shape index (κ1) is 37.5. The van der Waals surface area contributed by atoms with Crippen LogP contribution in [0.2, 0.25) is 0 Å².